The molecule has 0 N–H and O–H groups in total. The molecular formula is C21H23N3O4S. The molecule has 0 bridgehead atoms. The van der Waals surface area contributed by atoms with Crippen molar-refractivity contribution in [3.05, 3.63) is 47.2 Å². The number of thiophene rings is 1. The molecule has 1 aliphatic heterocycles. The number of amides is 1. The third-order valence-corrected chi connectivity index (χ3v) is 5.99. The molecule has 1 aliphatic rings. The van der Waals surface area contributed by atoms with Gasteiger partial charge in [-0.25, -0.2) is 0 Å². The Morgan fingerprint density at radius 1 is 1.28 bits per heavy atom. The SMILES string of the molecule is COc1ccc([C@@H]2CCCN2C(=O)CCc2nc(-c3cccs3)no2)cc1OC. The third-order valence-electron chi connectivity index (χ3n) is 5.13. The van der Waals surface area contributed by atoms with E-state index in [1.54, 1.807) is 25.6 Å². The van der Waals surface area contributed by atoms with E-state index in [9.17, 15) is 4.79 Å². The number of aromatic nitrogens is 2. The number of aryl methyl sites for hydroxylation is 1. The lowest BCUT2D eigenvalue weighted by atomic mass is 10.0. The minimum Gasteiger partial charge on any atom is -0.493 e. The molecule has 0 aliphatic carbocycles. The van der Waals surface area contributed by atoms with Gasteiger partial charge >= 0.3 is 0 Å². The topological polar surface area (TPSA) is 77.7 Å². The Hall–Kier alpha value is -2.87. The first-order valence-corrected chi connectivity index (χ1v) is 10.5. The maximum Gasteiger partial charge on any atom is 0.227 e. The first-order valence-electron chi connectivity index (χ1n) is 9.57. The highest BCUT2D eigenvalue weighted by Gasteiger charge is 2.30. The van der Waals surface area contributed by atoms with Gasteiger partial charge < -0.3 is 18.9 Å². The van der Waals surface area contributed by atoms with Gasteiger partial charge in [-0.3, -0.25) is 4.79 Å². The van der Waals surface area contributed by atoms with E-state index in [0.717, 1.165) is 29.8 Å². The number of hydrogen-bond donors (Lipinski definition) is 0. The fraction of sp³-hybridized carbons (Fsp3) is 0.381. The third kappa shape index (κ3) is 4.12. The Kier molecular flexibility index (Phi) is 5.80. The lowest BCUT2D eigenvalue weighted by Crippen LogP contribution is -2.30. The molecule has 0 radical (unpaired) electrons. The molecule has 8 heteroatoms. The average molecular weight is 413 g/mol. The van der Waals surface area contributed by atoms with Crippen molar-refractivity contribution in [1.82, 2.24) is 15.0 Å². The molecule has 1 aromatic carbocycles. The van der Waals surface area contributed by atoms with Gasteiger partial charge in [-0.05, 0) is 42.0 Å². The number of carbonyl (C=O) groups is 1. The predicted octanol–water partition coefficient (Wildman–Crippen LogP) is 4.11. The Balaban J connectivity index is 1.42. The zero-order valence-electron chi connectivity index (χ0n) is 16.5. The highest BCUT2D eigenvalue weighted by molar-refractivity contribution is 7.13. The summed E-state index contributed by atoms with van der Waals surface area (Å²) in [7, 11) is 3.23. The van der Waals surface area contributed by atoms with E-state index >= 15 is 0 Å². The van der Waals surface area contributed by atoms with E-state index in [2.05, 4.69) is 10.1 Å². The van der Waals surface area contributed by atoms with Gasteiger partial charge in [-0.1, -0.05) is 17.3 Å². The molecule has 1 fully saturated rings. The van der Waals surface area contributed by atoms with Gasteiger partial charge in [0.15, 0.2) is 11.5 Å². The van der Waals surface area contributed by atoms with Crippen molar-refractivity contribution in [2.24, 2.45) is 0 Å². The van der Waals surface area contributed by atoms with Gasteiger partial charge in [0.05, 0.1) is 25.1 Å². The van der Waals surface area contributed by atoms with E-state index in [4.69, 9.17) is 14.0 Å². The molecule has 0 saturated carbocycles. The fourth-order valence-corrected chi connectivity index (χ4v) is 4.34. The largest absolute Gasteiger partial charge is 0.493 e. The number of likely N-dealkylation sites (tertiary alicyclic amines) is 1. The molecule has 3 aromatic rings. The summed E-state index contributed by atoms with van der Waals surface area (Å²) in [5.74, 6) is 2.52. The zero-order valence-corrected chi connectivity index (χ0v) is 17.3. The van der Waals surface area contributed by atoms with Crippen LogP contribution in [-0.2, 0) is 11.2 Å². The van der Waals surface area contributed by atoms with Crippen LogP contribution in [0.3, 0.4) is 0 Å². The van der Waals surface area contributed by atoms with Gasteiger partial charge in [-0.2, -0.15) is 4.98 Å². The van der Waals surface area contributed by atoms with Gasteiger partial charge in [0.2, 0.25) is 17.6 Å². The van der Waals surface area contributed by atoms with Crippen LogP contribution in [0.4, 0.5) is 0 Å². The number of rotatable bonds is 7. The zero-order chi connectivity index (χ0) is 20.2. The summed E-state index contributed by atoms with van der Waals surface area (Å²) in [5.41, 5.74) is 1.06. The van der Waals surface area contributed by atoms with Crippen LogP contribution in [0.1, 0.15) is 36.8 Å². The maximum absolute atomic E-state index is 12.9. The first kappa shape index (κ1) is 19.4. The Morgan fingerprint density at radius 3 is 2.90 bits per heavy atom. The van der Waals surface area contributed by atoms with Gasteiger partial charge in [-0.15, -0.1) is 11.3 Å². The van der Waals surface area contributed by atoms with Gasteiger partial charge in [0.1, 0.15) is 0 Å². The van der Waals surface area contributed by atoms with Crippen molar-refractivity contribution in [2.75, 3.05) is 20.8 Å². The molecule has 7 nitrogen and oxygen atoms in total. The van der Waals surface area contributed by atoms with Crippen LogP contribution >= 0.6 is 11.3 Å². The predicted molar refractivity (Wildman–Crippen MR) is 109 cm³/mol. The maximum atomic E-state index is 12.9. The lowest BCUT2D eigenvalue weighted by Gasteiger charge is -2.25. The molecule has 152 valence electrons. The number of benzene rings is 1. The highest BCUT2D eigenvalue weighted by Crippen LogP contribution is 2.37. The van der Waals surface area contributed by atoms with E-state index < -0.39 is 0 Å². The molecule has 1 saturated heterocycles. The number of ether oxygens (including phenoxy) is 2. The second-order valence-electron chi connectivity index (χ2n) is 6.85. The minimum atomic E-state index is 0.0478. The van der Waals surface area contributed by atoms with Crippen molar-refractivity contribution in [2.45, 2.75) is 31.7 Å². The van der Waals surface area contributed by atoms with Crippen LogP contribution in [0, 0.1) is 0 Å². The highest BCUT2D eigenvalue weighted by atomic mass is 32.1. The van der Waals surface area contributed by atoms with Gasteiger partial charge in [0.25, 0.3) is 0 Å². The van der Waals surface area contributed by atoms with Crippen molar-refractivity contribution in [1.29, 1.82) is 0 Å². The van der Waals surface area contributed by atoms with Crippen molar-refractivity contribution >= 4 is 17.2 Å². The summed E-state index contributed by atoms with van der Waals surface area (Å²) in [6.45, 7) is 0.752. The van der Waals surface area contributed by atoms with E-state index in [1.165, 1.54) is 0 Å². The summed E-state index contributed by atoms with van der Waals surface area (Å²) in [5, 5.41) is 5.97. The number of methoxy groups -OCH3 is 2. The Morgan fingerprint density at radius 2 is 2.14 bits per heavy atom. The van der Waals surface area contributed by atoms with E-state index in [0.29, 0.717) is 36.1 Å². The summed E-state index contributed by atoms with van der Waals surface area (Å²) in [6, 6.07) is 9.79. The second kappa shape index (κ2) is 8.65. The molecule has 0 spiro atoms. The second-order valence-corrected chi connectivity index (χ2v) is 7.80. The summed E-state index contributed by atoms with van der Waals surface area (Å²) >= 11 is 1.56. The van der Waals surface area contributed by atoms with E-state index in [1.807, 2.05) is 40.6 Å². The lowest BCUT2D eigenvalue weighted by molar-refractivity contribution is -0.132. The van der Waals surface area contributed by atoms with E-state index in [-0.39, 0.29) is 11.9 Å². The summed E-state index contributed by atoms with van der Waals surface area (Å²) in [6.07, 6.45) is 2.69. The molecule has 4 rings (SSSR count). The fourth-order valence-electron chi connectivity index (χ4n) is 3.69. The van der Waals surface area contributed by atoms with Crippen LogP contribution in [-0.4, -0.2) is 41.7 Å². The Labute approximate surface area is 173 Å². The van der Waals surface area contributed by atoms with Crippen LogP contribution in [0.25, 0.3) is 10.7 Å². The monoisotopic (exact) mass is 413 g/mol. The molecule has 3 heterocycles. The molecule has 2 aromatic heterocycles. The summed E-state index contributed by atoms with van der Waals surface area (Å²) in [4.78, 5) is 20.2. The van der Waals surface area contributed by atoms with Gasteiger partial charge in [0, 0.05) is 19.4 Å². The van der Waals surface area contributed by atoms with Crippen LogP contribution in [0.2, 0.25) is 0 Å². The van der Waals surface area contributed by atoms with Crippen molar-refractivity contribution in [3.8, 4) is 22.2 Å². The summed E-state index contributed by atoms with van der Waals surface area (Å²) < 4.78 is 16.0. The molecule has 29 heavy (non-hydrogen) atoms. The standard InChI is InChI=1S/C21H23N3O4S/c1-26-16-8-7-14(13-17(16)27-2)15-5-3-11-24(15)20(25)10-9-19-22-21(23-28-19)18-6-4-12-29-18/h4,6-8,12-13,15H,3,5,9-11H2,1-2H3/t15-/m0/s1. The van der Waals surface area contributed by atoms with Crippen molar-refractivity contribution in [3.63, 3.8) is 0 Å². The first-order chi connectivity index (χ1) is 14.2. The number of hydrogen-bond acceptors (Lipinski definition) is 7. The molecule has 1 atom stereocenters. The van der Waals surface area contributed by atoms with Crippen LogP contribution in [0.15, 0.2) is 40.2 Å². The van der Waals surface area contributed by atoms with Crippen molar-refractivity contribution < 1.29 is 18.8 Å². The molecule has 1 amide bonds. The Bertz CT molecular complexity index is 970. The number of nitrogens with zero attached hydrogens (tertiary/aromatic N) is 3. The molecular weight excluding hydrogens is 390 g/mol. The molecule has 0 unspecified atom stereocenters. The average Bonchev–Trinajstić information content (AvgIpc) is 3.52. The quantitative estimate of drug-likeness (QED) is 0.580. The van der Waals surface area contributed by atoms with Crippen LogP contribution < -0.4 is 9.47 Å². The minimum absolute atomic E-state index is 0.0478. The van der Waals surface area contributed by atoms with Crippen LogP contribution in [0.5, 0.6) is 11.5 Å². The normalized spacial score (nSPS) is 16.2. The smallest absolute Gasteiger partial charge is 0.227 e. The number of carbonyl (C=O) groups excluding carboxylic acids is 1.